The topological polar surface area (TPSA) is 92.2 Å². The van der Waals surface area contributed by atoms with Crippen LogP contribution in [0.3, 0.4) is 0 Å². The molecule has 0 unspecified atom stereocenters. The van der Waals surface area contributed by atoms with Crippen molar-refractivity contribution < 1.29 is 4.79 Å². The van der Waals surface area contributed by atoms with E-state index in [-0.39, 0.29) is 17.0 Å². The number of carbonyl (C=O) groups is 1. The van der Waals surface area contributed by atoms with Crippen LogP contribution in [0.25, 0.3) is 16.8 Å². The minimum absolute atomic E-state index is 0.196. The highest BCUT2D eigenvalue weighted by molar-refractivity contribution is 6.51. The van der Waals surface area contributed by atoms with Crippen LogP contribution in [0, 0.1) is 18.3 Å². The minimum Gasteiger partial charge on any atom is -0.286 e. The van der Waals surface area contributed by atoms with Crippen molar-refractivity contribution in [3.8, 4) is 22.9 Å². The van der Waals surface area contributed by atoms with E-state index in [1.807, 2.05) is 78.9 Å². The molecule has 0 aliphatic rings. The first-order valence-corrected chi connectivity index (χ1v) is 10.3. The Morgan fingerprint density at radius 1 is 0.909 bits per heavy atom. The average molecular weight is 435 g/mol. The Kier molecular flexibility index (Phi) is 6.00. The Morgan fingerprint density at radius 2 is 1.48 bits per heavy atom. The van der Waals surface area contributed by atoms with Gasteiger partial charge in [-0.1, -0.05) is 72.8 Å². The third-order valence-corrected chi connectivity index (χ3v) is 5.41. The number of anilines is 1. The maximum atomic E-state index is 13.0. The van der Waals surface area contributed by atoms with Gasteiger partial charge in [0.1, 0.15) is 11.8 Å². The number of ketones is 1. The molecule has 1 heterocycles. The summed E-state index contributed by atoms with van der Waals surface area (Å²) < 4.78 is 3.18. The zero-order chi connectivity index (χ0) is 23.4. The highest BCUT2D eigenvalue weighted by Gasteiger charge is 2.18. The first kappa shape index (κ1) is 21.5. The zero-order valence-corrected chi connectivity index (χ0v) is 18.2. The lowest BCUT2D eigenvalue weighted by Gasteiger charge is -2.07. The summed E-state index contributed by atoms with van der Waals surface area (Å²) >= 11 is 0. The van der Waals surface area contributed by atoms with Gasteiger partial charge in [-0.2, -0.15) is 10.4 Å². The lowest BCUT2D eigenvalue weighted by Crippen LogP contribution is -2.21. The number of benzene rings is 3. The summed E-state index contributed by atoms with van der Waals surface area (Å²) in [5, 5.41) is 13.5. The summed E-state index contributed by atoms with van der Waals surface area (Å²) in [5.41, 5.74) is 5.80. The van der Waals surface area contributed by atoms with E-state index >= 15 is 0 Å². The molecular formula is C26H21N5O2. The summed E-state index contributed by atoms with van der Waals surface area (Å²) in [6.45, 7) is 1.76. The SMILES string of the molecule is Cc1c(N/N=C(/C#N)C(=O)c2ccc(-c3ccccc3)cc2)c(=O)n(-c2ccccc2)n1C. The van der Waals surface area contributed by atoms with Crippen molar-refractivity contribution in [2.45, 2.75) is 6.92 Å². The number of para-hydroxylation sites is 1. The summed E-state index contributed by atoms with van der Waals surface area (Å²) in [5.74, 6) is -0.526. The van der Waals surface area contributed by atoms with Crippen LogP contribution in [0.5, 0.6) is 0 Å². The molecule has 0 fully saturated rings. The van der Waals surface area contributed by atoms with Gasteiger partial charge in [-0.25, -0.2) is 4.68 Å². The van der Waals surface area contributed by atoms with Crippen molar-refractivity contribution in [2.75, 3.05) is 5.43 Å². The van der Waals surface area contributed by atoms with Crippen LogP contribution in [0.15, 0.2) is 94.8 Å². The fourth-order valence-corrected chi connectivity index (χ4v) is 3.52. The molecule has 0 aliphatic heterocycles. The van der Waals surface area contributed by atoms with E-state index in [4.69, 9.17) is 0 Å². The van der Waals surface area contributed by atoms with Gasteiger partial charge in [0.15, 0.2) is 0 Å². The molecule has 0 radical (unpaired) electrons. The van der Waals surface area contributed by atoms with E-state index < -0.39 is 5.78 Å². The van der Waals surface area contributed by atoms with Gasteiger partial charge in [0.05, 0.1) is 11.4 Å². The van der Waals surface area contributed by atoms with Crippen molar-refractivity contribution in [3.63, 3.8) is 0 Å². The van der Waals surface area contributed by atoms with Gasteiger partial charge in [0, 0.05) is 12.6 Å². The Morgan fingerprint density at radius 3 is 2.09 bits per heavy atom. The number of hydrogen-bond acceptors (Lipinski definition) is 5. The average Bonchev–Trinajstić information content (AvgIpc) is 3.08. The maximum Gasteiger partial charge on any atom is 0.296 e. The zero-order valence-electron chi connectivity index (χ0n) is 18.2. The molecule has 162 valence electrons. The standard InChI is InChI=1S/C26H21N5O2/c1-18-24(26(33)31(30(18)2)22-11-7-4-8-12-22)29-28-23(17-27)25(32)21-15-13-20(14-16-21)19-9-5-3-6-10-19/h3-16,29H,1-2H3/b28-23-. The molecule has 1 N–H and O–H groups in total. The Labute approximate surface area is 190 Å². The van der Waals surface area contributed by atoms with E-state index in [0.29, 0.717) is 16.9 Å². The number of hydrazone groups is 1. The number of Topliss-reactive ketones (excluding diaryl/α,β-unsaturated/α-hetero) is 1. The highest BCUT2D eigenvalue weighted by Crippen LogP contribution is 2.20. The lowest BCUT2D eigenvalue weighted by molar-refractivity contribution is 0.106. The summed E-state index contributed by atoms with van der Waals surface area (Å²) in [7, 11) is 1.75. The van der Waals surface area contributed by atoms with Crippen LogP contribution >= 0.6 is 0 Å². The highest BCUT2D eigenvalue weighted by atomic mass is 16.1. The van der Waals surface area contributed by atoms with Crippen molar-refractivity contribution in [1.82, 2.24) is 9.36 Å². The monoisotopic (exact) mass is 435 g/mol. The second-order valence-electron chi connectivity index (χ2n) is 7.39. The first-order valence-electron chi connectivity index (χ1n) is 10.3. The number of nitrogens with zero attached hydrogens (tertiary/aromatic N) is 4. The molecular weight excluding hydrogens is 414 g/mol. The van der Waals surface area contributed by atoms with Gasteiger partial charge in [0.25, 0.3) is 5.56 Å². The van der Waals surface area contributed by atoms with Crippen LogP contribution in [-0.2, 0) is 7.05 Å². The smallest absolute Gasteiger partial charge is 0.286 e. The largest absolute Gasteiger partial charge is 0.296 e. The first-order chi connectivity index (χ1) is 16.0. The van der Waals surface area contributed by atoms with E-state index in [2.05, 4.69) is 10.5 Å². The molecule has 1 aromatic heterocycles. The van der Waals surface area contributed by atoms with Gasteiger partial charge in [-0.05, 0) is 30.2 Å². The maximum absolute atomic E-state index is 13.0. The summed E-state index contributed by atoms with van der Waals surface area (Å²) in [6.07, 6.45) is 0. The Bertz CT molecular complexity index is 1420. The molecule has 0 saturated carbocycles. The number of rotatable bonds is 6. The molecule has 33 heavy (non-hydrogen) atoms. The Balaban J connectivity index is 1.60. The predicted molar refractivity (Wildman–Crippen MR) is 129 cm³/mol. The fourth-order valence-electron chi connectivity index (χ4n) is 3.52. The van der Waals surface area contributed by atoms with Gasteiger partial charge in [0.2, 0.25) is 11.5 Å². The molecule has 3 aromatic carbocycles. The van der Waals surface area contributed by atoms with Crippen LogP contribution in [-0.4, -0.2) is 20.9 Å². The summed E-state index contributed by atoms with van der Waals surface area (Å²) in [6, 6.07) is 27.8. The summed E-state index contributed by atoms with van der Waals surface area (Å²) in [4.78, 5) is 25.8. The molecule has 0 spiro atoms. The van der Waals surface area contributed by atoms with E-state index in [9.17, 15) is 14.9 Å². The number of aromatic nitrogens is 2. The third-order valence-electron chi connectivity index (χ3n) is 5.41. The van der Waals surface area contributed by atoms with Crippen molar-refractivity contribution in [1.29, 1.82) is 5.26 Å². The molecule has 4 rings (SSSR count). The van der Waals surface area contributed by atoms with Gasteiger partial charge in [-0.3, -0.25) is 19.7 Å². The van der Waals surface area contributed by atoms with Crippen LogP contribution in [0.1, 0.15) is 16.1 Å². The van der Waals surface area contributed by atoms with Crippen molar-refractivity contribution >= 4 is 17.2 Å². The minimum atomic E-state index is -0.526. The normalized spacial score (nSPS) is 11.1. The number of nitriles is 1. The second-order valence-corrected chi connectivity index (χ2v) is 7.39. The number of nitrogens with one attached hydrogen (secondary N) is 1. The number of hydrogen-bond donors (Lipinski definition) is 1. The van der Waals surface area contributed by atoms with E-state index in [1.165, 1.54) is 4.68 Å². The number of carbonyl (C=O) groups excluding carboxylic acids is 1. The molecule has 4 aromatic rings. The second kappa shape index (κ2) is 9.20. The molecule has 0 aliphatic carbocycles. The van der Waals surface area contributed by atoms with Gasteiger partial charge in [-0.15, -0.1) is 0 Å². The van der Waals surface area contributed by atoms with Crippen LogP contribution < -0.4 is 11.0 Å². The van der Waals surface area contributed by atoms with Crippen LogP contribution in [0.4, 0.5) is 5.69 Å². The molecule has 0 saturated heterocycles. The molecule has 0 bridgehead atoms. The predicted octanol–water partition coefficient (Wildman–Crippen LogP) is 4.33. The van der Waals surface area contributed by atoms with Crippen LogP contribution in [0.2, 0.25) is 0 Å². The van der Waals surface area contributed by atoms with Crippen molar-refractivity contribution in [3.05, 3.63) is 107 Å². The van der Waals surface area contributed by atoms with Gasteiger partial charge >= 0.3 is 0 Å². The fraction of sp³-hybridized carbons (Fsp3) is 0.0769. The molecule has 7 heteroatoms. The van der Waals surface area contributed by atoms with E-state index in [1.54, 1.807) is 30.8 Å². The molecule has 0 amide bonds. The van der Waals surface area contributed by atoms with Gasteiger partial charge < -0.3 is 0 Å². The Hall–Kier alpha value is -4.70. The quantitative estimate of drug-likeness (QED) is 0.277. The molecule has 0 atom stereocenters. The van der Waals surface area contributed by atoms with Crippen molar-refractivity contribution in [2.24, 2.45) is 12.1 Å². The van der Waals surface area contributed by atoms with E-state index in [0.717, 1.165) is 11.1 Å². The lowest BCUT2D eigenvalue weighted by atomic mass is 10.0. The molecule has 7 nitrogen and oxygen atoms in total. The third kappa shape index (κ3) is 4.23.